The van der Waals surface area contributed by atoms with E-state index in [4.69, 9.17) is 0 Å². The van der Waals surface area contributed by atoms with E-state index >= 15 is 0 Å². The predicted molar refractivity (Wildman–Crippen MR) is 172 cm³/mol. The lowest BCUT2D eigenvalue weighted by Crippen LogP contribution is -2.29. The lowest BCUT2D eigenvalue weighted by molar-refractivity contribution is -0.118. The Bertz CT molecular complexity index is 2280. The molecule has 2 heterocycles. The fourth-order valence-electron chi connectivity index (χ4n) is 5.31. The summed E-state index contributed by atoms with van der Waals surface area (Å²) < 4.78 is 133. The SMILES string of the molecule is O=C1CN(c2ccc(CCc3c(F)c(F)c(F)c(F)c3F)cc2O)S(=O)(=O)N1.O=C1CN(c2ccc(CCc3ccccc3F)cc2O)S(=O)(=O)N1. The van der Waals surface area contributed by atoms with Crippen molar-refractivity contribution in [1.29, 1.82) is 0 Å². The Morgan fingerprint density at radius 3 is 1.40 bits per heavy atom. The van der Waals surface area contributed by atoms with Gasteiger partial charge in [0, 0.05) is 5.56 Å². The third-order valence-electron chi connectivity index (χ3n) is 7.86. The van der Waals surface area contributed by atoms with Crippen molar-refractivity contribution in [3.8, 4) is 11.5 Å². The molecule has 0 atom stereocenters. The minimum atomic E-state index is -4.15. The molecule has 2 aliphatic rings. The van der Waals surface area contributed by atoms with Crippen molar-refractivity contribution in [2.45, 2.75) is 25.7 Å². The third-order valence-corrected chi connectivity index (χ3v) is 10.6. The normalized spacial score (nSPS) is 16.0. The molecular formula is C32H26F6N4O8S2. The van der Waals surface area contributed by atoms with Crippen LogP contribution in [-0.4, -0.2) is 52.0 Å². The number of rotatable bonds is 8. The average Bonchev–Trinajstić information content (AvgIpc) is 3.52. The van der Waals surface area contributed by atoms with Gasteiger partial charge in [-0.05, 0) is 72.7 Å². The molecule has 0 radical (unpaired) electrons. The molecule has 4 aromatic rings. The van der Waals surface area contributed by atoms with Gasteiger partial charge in [0.05, 0.1) is 11.4 Å². The molecule has 2 amide bonds. The fraction of sp³-hybridized carbons (Fsp3) is 0.188. The summed E-state index contributed by atoms with van der Waals surface area (Å²) in [4.78, 5) is 22.5. The van der Waals surface area contributed by atoms with Gasteiger partial charge in [0.1, 0.15) is 30.4 Å². The number of aryl methyl sites for hydroxylation is 3. The predicted octanol–water partition coefficient (Wildman–Crippen LogP) is 3.55. The lowest BCUT2D eigenvalue weighted by Gasteiger charge is -2.16. The molecule has 0 aromatic heterocycles. The summed E-state index contributed by atoms with van der Waals surface area (Å²) in [6, 6.07) is 14.5. The Balaban J connectivity index is 0.000000203. The van der Waals surface area contributed by atoms with Gasteiger partial charge in [-0.1, -0.05) is 30.3 Å². The Hall–Kier alpha value is -5.50. The first-order valence-corrected chi connectivity index (χ1v) is 17.8. The van der Waals surface area contributed by atoms with Crippen LogP contribution in [0.3, 0.4) is 0 Å². The number of phenols is 2. The highest BCUT2D eigenvalue weighted by atomic mass is 32.2. The summed E-state index contributed by atoms with van der Waals surface area (Å²) in [5, 5.41) is 20.1. The number of hydrogen-bond acceptors (Lipinski definition) is 8. The smallest absolute Gasteiger partial charge is 0.326 e. The summed E-state index contributed by atoms with van der Waals surface area (Å²) in [6.07, 6.45) is 0.162. The Morgan fingerprint density at radius 1 is 0.577 bits per heavy atom. The standard InChI is InChI=1S/C16H11F5N2O4S.C16H15FN2O4S/c17-12-8(13(18)15(20)16(21)14(12)19)3-1-7-2-4-9(10(24)5-7)23-6-11(25)22-28(23,26)27;17-13-4-2-1-3-12(13)7-5-11-6-8-14(15(20)9-11)19-10-16(21)18-24(19,22)23/h2,4-5,24H,1,3,6H2,(H,22,25);1-4,6,8-9,20H,5,7,10H2,(H,18,21). The number of carbonyl (C=O) groups is 2. The lowest BCUT2D eigenvalue weighted by atomic mass is 10.0. The van der Waals surface area contributed by atoms with E-state index in [2.05, 4.69) is 0 Å². The average molecular weight is 773 g/mol. The molecule has 6 rings (SSSR count). The van der Waals surface area contributed by atoms with Crippen LogP contribution in [-0.2, 0) is 55.7 Å². The van der Waals surface area contributed by atoms with Crippen LogP contribution in [0.4, 0.5) is 37.7 Å². The molecule has 0 aliphatic carbocycles. The number of amides is 2. The molecule has 0 bridgehead atoms. The van der Waals surface area contributed by atoms with Crippen molar-refractivity contribution in [2.24, 2.45) is 0 Å². The molecule has 2 fully saturated rings. The quantitative estimate of drug-likeness (QED) is 0.120. The number of phenolic OH excluding ortho intramolecular Hbond substituents is 2. The van der Waals surface area contributed by atoms with Crippen LogP contribution < -0.4 is 18.1 Å². The van der Waals surface area contributed by atoms with Crippen LogP contribution in [0.5, 0.6) is 11.5 Å². The zero-order chi connectivity index (χ0) is 38.1. The summed E-state index contributed by atoms with van der Waals surface area (Å²) in [6.45, 7) is -0.912. The minimum Gasteiger partial charge on any atom is -0.506 e. The minimum absolute atomic E-state index is 0.0305. The highest BCUT2D eigenvalue weighted by Gasteiger charge is 2.36. The maximum Gasteiger partial charge on any atom is 0.326 e. The van der Waals surface area contributed by atoms with Crippen LogP contribution in [0, 0.1) is 34.9 Å². The zero-order valence-electron chi connectivity index (χ0n) is 26.3. The molecular weight excluding hydrogens is 746 g/mol. The van der Waals surface area contributed by atoms with Crippen molar-refractivity contribution in [1.82, 2.24) is 9.44 Å². The van der Waals surface area contributed by atoms with Crippen molar-refractivity contribution in [3.63, 3.8) is 0 Å². The maximum atomic E-state index is 13.7. The van der Waals surface area contributed by atoms with E-state index in [1.54, 1.807) is 29.0 Å². The van der Waals surface area contributed by atoms with E-state index in [1.807, 2.05) is 4.72 Å². The molecule has 0 saturated carbocycles. The van der Waals surface area contributed by atoms with Gasteiger partial charge in [0.15, 0.2) is 23.3 Å². The summed E-state index contributed by atoms with van der Waals surface area (Å²) in [5.41, 5.74) is 0.354. The summed E-state index contributed by atoms with van der Waals surface area (Å²) in [7, 11) is -8.11. The van der Waals surface area contributed by atoms with E-state index < -0.39 is 85.6 Å². The van der Waals surface area contributed by atoms with Gasteiger partial charge in [-0.25, -0.2) is 44.4 Å². The Morgan fingerprint density at radius 2 is 1.00 bits per heavy atom. The van der Waals surface area contributed by atoms with Gasteiger partial charge in [-0.3, -0.25) is 9.59 Å². The molecule has 52 heavy (non-hydrogen) atoms. The maximum absolute atomic E-state index is 13.7. The van der Waals surface area contributed by atoms with Crippen molar-refractivity contribution in [3.05, 3.63) is 118 Å². The van der Waals surface area contributed by atoms with Crippen molar-refractivity contribution < 1.29 is 63.0 Å². The van der Waals surface area contributed by atoms with Crippen molar-refractivity contribution in [2.75, 3.05) is 21.7 Å². The highest BCUT2D eigenvalue weighted by Crippen LogP contribution is 2.33. The van der Waals surface area contributed by atoms with Crippen LogP contribution in [0.2, 0.25) is 0 Å². The number of carbonyl (C=O) groups excluding carboxylic acids is 2. The first kappa shape index (κ1) is 37.7. The van der Waals surface area contributed by atoms with E-state index in [9.17, 15) is 63.0 Å². The number of anilines is 2. The van der Waals surface area contributed by atoms with Crippen LogP contribution in [0.25, 0.3) is 0 Å². The number of benzene rings is 4. The summed E-state index contributed by atoms with van der Waals surface area (Å²) >= 11 is 0. The highest BCUT2D eigenvalue weighted by molar-refractivity contribution is 7.92. The van der Waals surface area contributed by atoms with Crippen LogP contribution >= 0.6 is 0 Å². The molecule has 2 saturated heterocycles. The first-order valence-electron chi connectivity index (χ1n) is 14.9. The molecule has 4 aromatic carbocycles. The van der Waals surface area contributed by atoms with Gasteiger partial charge in [0.2, 0.25) is 5.82 Å². The number of nitrogens with zero attached hydrogens (tertiary/aromatic N) is 2. The Labute approximate surface area is 292 Å². The third kappa shape index (κ3) is 7.86. The second-order valence-corrected chi connectivity index (χ2v) is 14.5. The second-order valence-electron chi connectivity index (χ2n) is 11.4. The van der Waals surface area contributed by atoms with E-state index in [0.717, 1.165) is 22.0 Å². The monoisotopic (exact) mass is 772 g/mol. The van der Waals surface area contributed by atoms with E-state index in [1.165, 1.54) is 24.3 Å². The molecule has 2 aliphatic heterocycles. The van der Waals surface area contributed by atoms with Crippen LogP contribution in [0.1, 0.15) is 22.3 Å². The van der Waals surface area contributed by atoms with Gasteiger partial charge >= 0.3 is 20.4 Å². The van der Waals surface area contributed by atoms with Crippen molar-refractivity contribution >= 4 is 43.6 Å². The number of nitrogens with one attached hydrogen (secondary N) is 2. The number of hydrogen-bond donors (Lipinski definition) is 4. The zero-order valence-corrected chi connectivity index (χ0v) is 28.0. The fourth-order valence-corrected chi connectivity index (χ4v) is 7.64. The molecule has 4 N–H and O–H groups in total. The number of aromatic hydroxyl groups is 2. The molecule has 276 valence electrons. The Kier molecular flexibility index (Phi) is 10.6. The van der Waals surface area contributed by atoms with E-state index in [0.29, 0.717) is 22.7 Å². The van der Waals surface area contributed by atoms with Gasteiger partial charge in [-0.2, -0.15) is 16.8 Å². The van der Waals surface area contributed by atoms with Crippen LogP contribution in [0.15, 0.2) is 60.7 Å². The largest absolute Gasteiger partial charge is 0.506 e. The molecule has 0 spiro atoms. The molecule has 20 heteroatoms. The van der Waals surface area contributed by atoms with Gasteiger partial charge < -0.3 is 10.2 Å². The van der Waals surface area contributed by atoms with E-state index in [-0.39, 0.29) is 41.5 Å². The topological polar surface area (TPSA) is 173 Å². The molecule has 12 nitrogen and oxygen atoms in total. The summed E-state index contributed by atoms with van der Waals surface area (Å²) in [5.74, 6) is -12.8. The molecule has 0 unspecified atom stereocenters. The van der Waals surface area contributed by atoms with Gasteiger partial charge in [0.25, 0.3) is 11.8 Å². The number of halogens is 6. The first-order chi connectivity index (χ1) is 24.4. The van der Waals surface area contributed by atoms with Gasteiger partial charge in [-0.15, -0.1) is 0 Å². The second kappa shape index (κ2) is 14.6.